The molecule has 162 valence electrons. The van der Waals surface area contributed by atoms with Crippen LogP contribution in [0.15, 0.2) is 48.5 Å². The summed E-state index contributed by atoms with van der Waals surface area (Å²) in [6.07, 6.45) is 0.953. The summed E-state index contributed by atoms with van der Waals surface area (Å²) in [6.45, 7) is 4.78. The summed E-state index contributed by atoms with van der Waals surface area (Å²) in [5.41, 5.74) is 4.38. The van der Waals surface area contributed by atoms with E-state index in [1.807, 2.05) is 44.2 Å². The van der Waals surface area contributed by atoms with Gasteiger partial charge in [-0.3, -0.25) is 15.0 Å². The van der Waals surface area contributed by atoms with Gasteiger partial charge in [0.15, 0.2) is 6.61 Å². The van der Waals surface area contributed by atoms with Crippen LogP contribution in [0.25, 0.3) is 0 Å². The first-order chi connectivity index (χ1) is 14.7. The third kappa shape index (κ3) is 5.09. The van der Waals surface area contributed by atoms with Crippen molar-refractivity contribution >= 4 is 23.8 Å². The summed E-state index contributed by atoms with van der Waals surface area (Å²) in [4.78, 5) is 49.3. The topological polar surface area (TPSA) is 105 Å². The summed E-state index contributed by atoms with van der Waals surface area (Å²) in [6, 6.07) is 13.9. The lowest BCUT2D eigenvalue weighted by atomic mass is 9.93. The number of ether oxygens (including phenoxy) is 1. The van der Waals surface area contributed by atoms with Crippen molar-refractivity contribution < 1.29 is 23.9 Å². The Kier molecular flexibility index (Phi) is 6.39. The first-order valence-corrected chi connectivity index (χ1v) is 9.94. The lowest BCUT2D eigenvalue weighted by Gasteiger charge is -2.21. The monoisotopic (exact) mass is 423 g/mol. The van der Waals surface area contributed by atoms with E-state index in [1.165, 1.54) is 0 Å². The Bertz CT molecular complexity index is 1020. The number of aryl methyl sites for hydroxylation is 3. The molecule has 1 aliphatic heterocycles. The molecule has 3 rings (SSSR count). The standard InChI is InChI=1S/C23H25N3O5/c1-15-9-10-18(13-16(15)2)20(28)31-14-19(27)25-26-21(29)23(3,24-22(26)30)12-11-17-7-5-4-6-8-17/h4-10,13H,11-12,14H2,1-3H3,(H,24,30)(H,25,27)/t23-/m0/s1. The van der Waals surface area contributed by atoms with Crippen LogP contribution in [-0.2, 0) is 20.7 Å². The van der Waals surface area contributed by atoms with Crippen LogP contribution >= 0.6 is 0 Å². The summed E-state index contributed by atoms with van der Waals surface area (Å²) < 4.78 is 5.00. The van der Waals surface area contributed by atoms with Gasteiger partial charge in [-0.1, -0.05) is 36.4 Å². The average Bonchev–Trinajstić information content (AvgIpc) is 2.96. The second-order valence-corrected chi connectivity index (χ2v) is 7.80. The van der Waals surface area contributed by atoms with Crippen LogP contribution in [0.3, 0.4) is 0 Å². The average molecular weight is 423 g/mol. The van der Waals surface area contributed by atoms with Gasteiger partial charge in [0.1, 0.15) is 5.54 Å². The quantitative estimate of drug-likeness (QED) is 0.526. The van der Waals surface area contributed by atoms with Gasteiger partial charge < -0.3 is 10.1 Å². The number of urea groups is 1. The molecule has 1 fully saturated rings. The number of hydrazine groups is 1. The summed E-state index contributed by atoms with van der Waals surface area (Å²) in [5.74, 6) is -2.02. The highest BCUT2D eigenvalue weighted by Gasteiger charge is 2.48. The number of imide groups is 1. The van der Waals surface area contributed by atoms with E-state index in [1.54, 1.807) is 25.1 Å². The van der Waals surface area contributed by atoms with Gasteiger partial charge in [0, 0.05) is 0 Å². The van der Waals surface area contributed by atoms with E-state index in [4.69, 9.17) is 4.74 Å². The van der Waals surface area contributed by atoms with Gasteiger partial charge in [-0.2, -0.15) is 5.01 Å². The van der Waals surface area contributed by atoms with E-state index in [9.17, 15) is 19.2 Å². The fourth-order valence-electron chi connectivity index (χ4n) is 3.23. The minimum Gasteiger partial charge on any atom is -0.452 e. The molecule has 1 aliphatic rings. The van der Waals surface area contributed by atoms with Crippen molar-refractivity contribution in [3.8, 4) is 0 Å². The molecule has 8 nitrogen and oxygen atoms in total. The Morgan fingerprint density at radius 1 is 1.06 bits per heavy atom. The van der Waals surface area contributed by atoms with E-state index >= 15 is 0 Å². The molecule has 8 heteroatoms. The molecule has 1 atom stereocenters. The number of carbonyl (C=O) groups is 4. The Hall–Kier alpha value is -3.68. The maximum atomic E-state index is 12.7. The number of carbonyl (C=O) groups excluding carboxylic acids is 4. The van der Waals surface area contributed by atoms with Gasteiger partial charge in [0.25, 0.3) is 11.8 Å². The molecule has 0 aromatic heterocycles. The highest BCUT2D eigenvalue weighted by atomic mass is 16.5. The van der Waals surface area contributed by atoms with Crippen molar-refractivity contribution in [1.29, 1.82) is 0 Å². The minimum atomic E-state index is -1.14. The maximum absolute atomic E-state index is 12.7. The number of benzene rings is 2. The Morgan fingerprint density at radius 3 is 2.45 bits per heavy atom. The van der Waals surface area contributed by atoms with E-state index < -0.39 is 36.0 Å². The molecular formula is C23H25N3O5. The van der Waals surface area contributed by atoms with Crippen LogP contribution in [0.4, 0.5) is 4.79 Å². The van der Waals surface area contributed by atoms with E-state index in [2.05, 4.69) is 10.7 Å². The molecule has 1 saturated heterocycles. The highest BCUT2D eigenvalue weighted by Crippen LogP contribution is 2.22. The van der Waals surface area contributed by atoms with E-state index in [0.717, 1.165) is 16.7 Å². The lowest BCUT2D eigenvalue weighted by Crippen LogP contribution is -2.50. The normalized spacial score (nSPS) is 18.0. The smallest absolute Gasteiger partial charge is 0.344 e. The van der Waals surface area contributed by atoms with Gasteiger partial charge in [-0.05, 0) is 62.4 Å². The number of hydrogen-bond acceptors (Lipinski definition) is 5. The van der Waals surface area contributed by atoms with Crippen LogP contribution in [0, 0.1) is 13.8 Å². The Labute approximate surface area is 180 Å². The molecule has 0 aliphatic carbocycles. The second kappa shape index (κ2) is 8.99. The SMILES string of the molecule is Cc1ccc(C(=O)OCC(=O)NN2C(=O)N[C@@](C)(CCc3ccccc3)C2=O)cc1C. The molecule has 0 saturated carbocycles. The number of amides is 4. The third-order valence-corrected chi connectivity index (χ3v) is 5.33. The molecule has 2 N–H and O–H groups in total. The molecule has 0 spiro atoms. The van der Waals surface area contributed by atoms with Crippen molar-refractivity contribution in [1.82, 2.24) is 15.8 Å². The number of rotatable bonds is 7. The van der Waals surface area contributed by atoms with Crippen LogP contribution in [0.2, 0.25) is 0 Å². The molecule has 31 heavy (non-hydrogen) atoms. The lowest BCUT2D eigenvalue weighted by molar-refractivity contribution is -0.140. The van der Waals surface area contributed by atoms with Crippen LogP contribution in [0.1, 0.15) is 40.4 Å². The third-order valence-electron chi connectivity index (χ3n) is 5.33. The molecular weight excluding hydrogens is 398 g/mol. The minimum absolute atomic E-state index is 0.319. The van der Waals surface area contributed by atoms with Crippen molar-refractivity contribution in [2.75, 3.05) is 6.61 Å². The molecule has 2 aromatic rings. The van der Waals surface area contributed by atoms with Crippen LogP contribution < -0.4 is 10.7 Å². The van der Waals surface area contributed by atoms with Gasteiger partial charge in [-0.15, -0.1) is 0 Å². The predicted molar refractivity (Wildman–Crippen MR) is 113 cm³/mol. The first-order valence-electron chi connectivity index (χ1n) is 9.94. The van der Waals surface area contributed by atoms with Gasteiger partial charge >= 0.3 is 12.0 Å². The zero-order valence-electron chi connectivity index (χ0n) is 17.7. The largest absolute Gasteiger partial charge is 0.452 e. The van der Waals surface area contributed by atoms with Crippen LogP contribution in [-0.4, -0.2) is 41.0 Å². The van der Waals surface area contributed by atoms with Crippen molar-refractivity contribution in [2.24, 2.45) is 0 Å². The summed E-state index contributed by atoms with van der Waals surface area (Å²) in [7, 11) is 0. The number of esters is 1. The first kappa shape index (κ1) is 22.0. The maximum Gasteiger partial charge on any atom is 0.344 e. The summed E-state index contributed by atoms with van der Waals surface area (Å²) >= 11 is 0. The molecule has 0 unspecified atom stereocenters. The number of hydrogen-bond donors (Lipinski definition) is 2. The predicted octanol–water partition coefficient (Wildman–Crippen LogP) is 2.43. The van der Waals surface area contributed by atoms with Gasteiger partial charge in [0.2, 0.25) is 0 Å². The zero-order chi connectivity index (χ0) is 22.6. The van der Waals surface area contributed by atoms with E-state index in [-0.39, 0.29) is 0 Å². The van der Waals surface area contributed by atoms with Crippen LogP contribution in [0.5, 0.6) is 0 Å². The summed E-state index contributed by atoms with van der Waals surface area (Å²) in [5, 5.41) is 3.26. The fraction of sp³-hybridized carbons (Fsp3) is 0.304. The Morgan fingerprint density at radius 2 is 1.77 bits per heavy atom. The Balaban J connectivity index is 1.54. The molecule has 0 radical (unpaired) electrons. The van der Waals surface area contributed by atoms with Gasteiger partial charge in [-0.25, -0.2) is 9.59 Å². The molecule has 4 amide bonds. The zero-order valence-corrected chi connectivity index (χ0v) is 17.7. The van der Waals surface area contributed by atoms with Crippen molar-refractivity contribution in [3.63, 3.8) is 0 Å². The number of nitrogens with zero attached hydrogens (tertiary/aromatic N) is 1. The molecule has 0 bridgehead atoms. The van der Waals surface area contributed by atoms with Gasteiger partial charge in [0.05, 0.1) is 5.56 Å². The van der Waals surface area contributed by atoms with Crippen molar-refractivity contribution in [2.45, 2.75) is 39.2 Å². The van der Waals surface area contributed by atoms with E-state index in [0.29, 0.717) is 23.4 Å². The molecule has 1 heterocycles. The molecule has 2 aromatic carbocycles. The van der Waals surface area contributed by atoms with Crippen molar-refractivity contribution in [3.05, 3.63) is 70.8 Å². The second-order valence-electron chi connectivity index (χ2n) is 7.80. The number of nitrogens with one attached hydrogen (secondary N) is 2. The highest BCUT2D eigenvalue weighted by molar-refractivity contribution is 6.07. The fourth-order valence-corrected chi connectivity index (χ4v) is 3.23.